The highest BCUT2D eigenvalue weighted by molar-refractivity contribution is 6.33. The first kappa shape index (κ1) is 16.0. The molecular weight excluding hydrogens is 312 g/mol. The van der Waals surface area contributed by atoms with Gasteiger partial charge in [-0.25, -0.2) is 4.98 Å². The van der Waals surface area contributed by atoms with E-state index in [-0.39, 0.29) is 6.10 Å². The van der Waals surface area contributed by atoms with E-state index < -0.39 is 0 Å². The number of hydrogen-bond acceptors (Lipinski definition) is 5. The van der Waals surface area contributed by atoms with E-state index in [4.69, 9.17) is 16.3 Å². The molecule has 122 valence electrons. The van der Waals surface area contributed by atoms with Crippen LogP contribution in [0, 0.1) is 13.8 Å². The van der Waals surface area contributed by atoms with Gasteiger partial charge in [0.05, 0.1) is 16.8 Å². The molecule has 23 heavy (non-hydrogen) atoms. The SMILES string of the molecule is Cc1cc(C)c(Nc2nccc(NCC3CCCO3)n2)c(Cl)c1. The Morgan fingerprint density at radius 1 is 1.35 bits per heavy atom. The lowest BCUT2D eigenvalue weighted by molar-refractivity contribution is 0.120. The van der Waals surface area contributed by atoms with Gasteiger partial charge in [0.1, 0.15) is 5.82 Å². The summed E-state index contributed by atoms with van der Waals surface area (Å²) >= 11 is 6.32. The Bertz CT molecular complexity index is 663. The van der Waals surface area contributed by atoms with Gasteiger partial charge in [-0.1, -0.05) is 17.7 Å². The number of hydrogen-bond donors (Lipinski definition) is 2. The maximum Gasteiger partial charge on any atom is 0.229 e. The van der Waals surface area contributed by atoms with Crippen LogP contribution in [0.5, 0.6) is 0 Å². The van der Waals surface area contributed by atoms with E-state index in [9.17, 15) is 0 Å². The Balaban J connectivity index is 1.70. The second-order valence-corrected chi connectivity index (χ2v) is 6.25. The van der Waals surface area contributed by atoms with Crippen molar-refractivity contribution in [2.45, 2.75) is 32.8 Å². The van der Waals surface area contributed by atoms with Gasteiger partial charge in [-0.05, 0) is 49.9 Å². The van der Waals surface area contributed by atoms with E-state index in [0.29, 0.717) is 11.0 Å². The minimum Gasteiger partial charge on any atom is -0.376 e. The van der Waals surface area contributed by atoms with Gasteiger partial charge in [0, 0.05) is 19.3 Å². The smallest absolute Gasteiger partial charge is 0.229 e. The van der Waals surface area contributed by atoms with Crippen molar-refractivity contribution < 1.29 is 4.74 Å². The minimum atomic E-state index is 0.273. The summed E-state index contributed by atoms with van der Waals surface area (Å²) in [6.07, 6.45) is 4.23. The molecule has 1 fully saturated rings. The minimum absolute atomic E-state index is 0.273. The lowest BCUT2D eigenvalue weighted by Gasteiger charge is -2.14. The van der Waals surface area contributed by atoms with E-state index in [1.54, 1.807) is 6.20 Å². The number of anilines is 3. The molecule has 0 radical (unpaired) electrons. The molecule has 0 spiro atoms. The van der Waals surface area contributed by atoms with Crippen LogP contribution in [0.4, 0.5) is 17.5 Å². The molecule has 0 amide bonds. The van der Waals surface area contributed by atoms with Crippen LogP contribution in [0.2, 0.25) is 5.02 Å². The monoisotopic (exact) mass is 332 g/mol. The summed E-state index contributed by atoms with van der Waals surface area (Å²) in [5.41, 5.74) is 3.04. The Labute approximate surface area is 141 Å². The zero-order valence-corrected chi connectivity index (χ0v) is 14.2. The van der Waals surface area contributed by atoms with Crippen molar-refractivity contribution in [2.75, 3.05) is 23.8 Å². The second-order valence-electron chi connectivity index (χ2n) is 5.85. The Kier molecular flexibility index (Phi) is 4.98. The Morgan fingerprint density at radius 2 is 2.22 bits per heavy atom. The molecule has 0 bridgehead atoms. The van der Waals surface area contributed by atoms with E-state index in [2.05, 4.69) is 26.7 Å². The number of nitrogens with one attached hydrogen (secondary N) is 2. The van der Waals surface area contributed by atoms with Gasteiger partial charge in [0.15, 0.2) is 0 Å². The molecule has 2 N–H and O–H groups in total. The maximum atomic E-state index is 6.32. The van der Waals surface area contributed by atoms with Crippen molar-refractivity contribution in [3.8, 4) is 0 Å². The number of nitrogens with zero attached hydrogens (tertiary/aromatic N) is 2. The molecule has 2 heterocycles. The predicted octanol–water partition coefficient (Wildman–Crippen LogP) is 4.08. The molecule has 1 aliphatic heterocycles. The van der Waals surface area contributed by atoms with Crippen LogP contribution in [0.15, 0.2) is 24.4 Å². The molecule has 1 unspecified atom stereocenters. The van der Waals surface area contributed by atoms with Crippen molar-refractivity contribution in [1.29, 1.82) is 0 Å². The summed E-state index contributed by atoms with van der Waals surface area (Å²) in [6, 6.07) is 5.86. The van der Waals surface area contributed by atoms with Crippen LogP contribution < -0.4 is 10.6 Å². The number of rotatable bonds is 5. The Morgan fingerprint density at radius 3 is 2.96 bits per heavy atom. The van der Waals surface area contributed by atoms with Crippen LogP contribution >= 0.6 is 11.6 Å². The highest BCUT2D eigenvalue weighted by atomic mass is 35.5. The molecule has 2 aromatic rings. The molecule has 1 aromatic carbocycles. The second kappa shape index (κ2) is 7.15. The third-order valence-electron chi connectivity index (χ3n) is 3.86. The predicted molar refractivity (Wildman–Crippen MR) is 93.7 cm³/mol. The largest absolute Gasteiger partial charge is 0.376 e. The number of halogens is 1. The fourth-order valence-corrected chi connectivity index (χ4v) is 3.10. The van der Waals surface area contributed by atoms with Gasteiger partial charge in [-0.3, -0.25) is 0 Å². The van der Waals surface area contributed by atoms with Crippen LogP contribution in [0.3, 0.4) is 0 Å². The normalized spacial score (nSPS) is 17.3. The third kappa shape index (κ3) is 4.12. The molecule has 5 nitrogen and oxygen atoms in total. The standard InChI is InChI=1S/C17H21ClN4O/c1-11-8-12(2)16(14(18)9-11)22-17-19-6-5-15(21-17)20-10-13-4-3-7-23-13/h5-6,8-9,13H,3-4,7,10H2,1-2H3,(H2,19,20,21,22). The highest BCUT2D eigenvalue weighted by Crippen LogP contribution is 2.29. The van der Waals surface area contributed by atoms with Gasteiger partial charge in [0.25, 0.3) is 0 Å². The van der Waals surface area contributed by atoms with E-state index >= 15 is 0 Å². The highest BCUT2D eigenvalue weighted by Gasteiger charge is 2.15. The maximum absolute atomic E-state index is 6.32. The first-order valence-corrected chi connectivity index (χ1v) is 8.22. The van der Waals surface area contributed by atoms with Crippen molar-refractivity contribution in [3.63, 3.8) is 0 Å². The molecule has 6 heteroatoms. The van der Waals surface area contributed by atoms with E-state index in [1.807, 2.05) is 26.0 Å². The number of aromatic nitrogens is 2. The molecule has 0 saturated carbocycles. The molecule has 1 atom stereocenters. The third-order valence-corrected chi connectivity index (χ3v) is 4.16. The quantitative estimate of drug-likeness (QED) is 0.864. The summed E-state index contributed by atoms with van der Waals surface area (Å²) in [5, 5.41) is 7.18. The van der Waals surface area contributed by atoms with Gasteiger partial charge in [0.2, 0.25) is 5.95 Å². The molecular formula is C17H21ClN4O. The molecule has 0 aliphatic carbocycles. The zero-order chi connectivity index (χ0) is 16.2. The van der Waals surface area contributed by atoms with Crippen LogP contribution in [-0.4, -0.2) is 29.2 Å². The Hall–Kier alpha value is -1.85. The van der Waals surface area contributed by atoms with E-state index in [0.717, 1.165) is 48.6 Å². The van der Waals surface area contributed by atoms with Crippen LogP contribution in [-0.2, 0) is 4.74 Å². The molecule has 1 aliphatic rings. The number of ether oxygens (including phenoxy) is 1. The average Bonchev–Trinajstić information content (AvgIpc) is 3.03. The first-order valence-electron chi connectivity index (χ1n) is 7.84. The summed E-state index contributed by atoms with van der Waals surface area (Å²) in [6.45, 7) is 5.66. The number of benzene rings is 1. The molecule has 1 saturated heterocycles. The van der Waals surface area contributed by atoms with Gasteiger partial charge in [-0.15, -0.1) is 0 Å². The number of aryl methyl sites for hydroxylation is 2. The van der Waals surface area contributed by atoms with Crippen molar-refractivity contribution in [3.05, 3.63) is 40.5 Å². The average molecular weight is 333 g/mol. The van der Waals surface area contributed by atoms with Crippen molar-refractivity contribution in [2.24, 2.45) is 0 Å². The lowest BCUT2D eigenvalue weighted by Crippen LogP contribution is -2.19. The van der Waals surface area contributed by atoms with Gasteiger partial charge < -0.3 is 15.4 Å². The van der Waals surface area contributed by atoms with Gasteiger partial charge >= 0.3 is 0 Å². The summed E-state index contributed by atoms with van der Waals surface area (Å²) < 4.78 is 5.60. The van der Waals surface area contributed by atoms with Crippen molar-refractivity contribution >= 4 is 29.1 Å². The molecule has 1 aromatic heterocycles. The van der Waals surface area contributed by atoms with Crippen molar-refractivity contribution in [1.82, 2.24) is 9.97 Å². The summed E-state index contributed by atoms with van der Waals surface area (Å²) in [4.78, 5) is 8.75. The van der Waals surface area contributed by atoms with Crippen LogP contribution in [0.25, 0.3) is 0 Å². The summed E-state index contributed by atoms with van der Waals surface area (Å²) in [7, 11) is 0. The fourth-order valence-electron chi connectivity index (χ4n) is 2.73. The fraction of sp³-hybridized carbons (Fsp3) is 0.412. The molecule has 3 rings (SSSR count). The first-order chi connectivity index (χ1) is 11.1. The zero-order valence-electron chi connectivity index (χ0n) is 13.4. The van der Waals surface area contributed by atoms with Gasteiger partial charge in [-0.2, -0.15) is 4.98 Å². The van der Waals surface area contributed by atoms with Crippen LogP contribution in [0.1, 0.15) is 24.0 Å². The lowest BCUT2D eigenvalue weighted by atomic mass is 10.1. The topological polar surface area (TPSA) is 59.1 Å². The summed E-state index contributed by atoms with van der Waals surface area (Å²) in [5.74, 6) is 1.30. The van der Waals surface area contributed by atoms with E-state index in [1.165, 1.54) is 0 Å².